The van der Waals surface area contributed by atoms with Crippen molar-refractivity contribution in [2.45, 2.75) is 13.2 Å². The lowest BCUT2D eigenvalue weighted by Crippen LogP contribution is -1.96. The van der Waals surface area contributed by atoms with Crippen molar-refractivity contribution >= 4 is 0 Å². The van der Waals surface area contributed by atoms with Crippen LogP contribution >= 0.6 is 0 Å². The minimum atomic E-state index is -0.241. The fraction of sp³-hybridized carbons (Fsp3) is 0.182. The Morgan fingerprint density at radius 1 is 1.40 bits per heavy atom. The zero-order valence-corrected chi connectivity index (χ0v) is 8.10. The lowest BCUT2D eigenvalue weighted by Gasteiger charge is -2.01. The summed E-state index contributed by atoms with van der Waals surface area (Å²) in [5.41, 5.74) is 1.49. The van der Waals surface area contributed by atoms with Gasteiger partial charge in [-0.15, -0.1) is 0 Å². The largest absolute Gasteiger partial charge is 0.390 e. The van der Waals surface area contributed by atoms with Crippen molar-refractivity contribution in [3.8, 4) is 0 Å². The van der Waals surface area contributed by atoms with Crippen LogP contribution < -0.4 is 0 Å². The highest BCUT2D eigenvalue weighted by molar-refractivity contribution is 5.17. The molecule has 0 saturated heterocycles. The normalized spacial score (nSPS) is 10.5. The second-order valence-corrected chi connectivity index (χ2v) is 3.33. The van der Waals surface area contributed by atoms with Crippen molar-refractivity contribution < 1.29 is 9.50 Å². The smallest absolute Gasteiger partial charge is 0.123 e. The van der Waals surface area contributed by atoms with Gasteiger partial charge in [0.05, 0.1) is 18.6 Å². The molecule has 1 aromatic heterocycles. The van der Waals surface area contributed by atoms with Crippen LogP contribution in [0.5, 0.6) is 0 Å². The summed E-state index contributed by atoms with van der Waals surface area (Å²) in [6.07, 6.45) is 3.36. The maximum absolute atomic E-state index is 12.9. The summed E-state index contributed by atoms with van der Waals surface area (Å²) in [5, 5.41) is 8.83. The van der Waals surface area contributed by atoms with Gasteiger partial charge in [0.1, 0.15) is 5.82 Å². The Labute approximate surface area is 86.8 Å². The first kappa shape index (κ1) is 9.86. The Morgan fingerprint density at radius 3 is 2.93 bits per heavy atom. The Balaban J connectivity index is 2.14. The van der Waals surface area contributed by atoms with Crippen LogP contribution in [0.15, 0.2) is 36.8 Å². The number of imidazole rings is 1. The molecule has 0 radical (unpaired) electrons. The first-order chi connectivity index (χ1) is 7.28. The van der Waals surface area contributed by atoms with E-state index >= 15 is 0 Å². The van der Waals surface area contributed by atoms with Crippen molar-refractivity contribution in [2.75, 3.05) is 0 Å². The lowest BCUT2D eigenvalue weighted by atomic mass is 10.2. The van der Waals surface area contributed by atoms with Crippen molar-refractivity contribution in [2.24, 2.45) is 0 Å². The maximum atomic E-state index is 12.9. The number of aromatic nitrogens is 2. The van der Waals surface area contributed by atoms with Crippen LogP contribution in [0.2, 0.25) is 0 Å². The third kappa shape index (κ3) is 2.41. The second-order valence-electron chi connectivity index (χ2n) is 3.33. The van der Waals surface area contributed by atoms with Gasteiger partial charge in [0.25, 0.3) is 0 Å². The van der Waals surface area contributed by atoms with Crippen LogP contribution in [0, 0.1) is 5.82 Å². The number of aliphatic hydroxyl groups is 1. The van der Waals surface area contributed by atoms with Gasteiger partial charge < -0.3 is 9.67 Å². The number of nitrogens with zero attached hydrogens (tertiary/aromatic N) is 2. The molecule has 4 heteroatoms. The SMILES string of the molecule is OCc1cn(Cc2cccc(F)c2)cn1. The van der Waals surface area contributed by atoms with Gasteiger partial charge in [0.2, 0.25) is 0 Å². The molecule has 0 saturated carbocycles. The predicted octanol–water partition coefficient (Wildman–Crippen LogP) is 1.56. The summed E-state index contributed by atoms with van der Waals surface area (Å²) in [6.45, 7) is 0.487. The van der Waals surface area contributed by atoms with Gasteiger partial charge in [0, 0.05) is 12.7 Å². The minimum Gasteiger partial charge on any atom is -0.390 e. The van der Waals surface area contributed by atoms with E-state index in [0.29, 0.717) is 12.2 Å². The molecule has 0 atom stereocenters. The van der Waals surface area contributed by atoms with E-state index < -0.39 is 0 Å². The lowest BCUT2D eigenvalue weighted by molar-refractivity contribution is 0.277. The van der Waals surface area contributed by atoms with E-state index in [1.165, 1.54) is 12.1 Å². The highest BCUT2D eigenvalue weighted by Crippen LogP contribution is 2.06. The van der Waals surface area contributed by atoms with Crippen LogP contribution in [0.25, 0.3) is 0 Å². The highest BCUT2D eigenvalue weighted by Gasteiger charge is 1.99. The van der Waals surface area contributed by atoms with Crippen LogP contribution in [0.1, 0.15) is 11.3 Å². The monoisotopic (exact) mass is 206 g/mol. The molecular weight excluding hydrogens is 195 g/mol. The maximum Gasteiger partial charge on any atom is 0.123 e. The first-order valence-electron chi connectivity index (χ1n) is 4.64. The number of hydrogen-bond acceptors (Lipinski definition) is 2. The minimum absolute atomic E-state index is 0.0733. The molecule has 0 aliphatic heterocycles. The average Bonchev–Trinajstić information content (AvgIpc) is 2.65. The fourth-order valence-electron chi connectivity index (χ4n) is 1.42. The number of hydrogen-bond donors (Lipinski definition) is 1. The zero-order chi connectivity index (χ0) is 10.7. The zero-order valence-electron chi connectivity index (χ0n) is 8.10. The van der Waals surface area contributed by atoms with Gasteiger partial charge in [-0.3, -0.25) is 0 Å². The quantitative estimate of drug-likeness (QED) is 0.827. The van der Waals surface area contributed by atoms with E-state index in [1.54, 1.807) is 23.2 Å². The van der Waals surface area contributed by atoms with E-state index in [4.69, 9.17) is 5.11 Å². The fourth-order valence-corrected chi connectivity index (χ4v) is 1.42. The molecule has 0 spiro atoms. The van der Waals surface area contributed by atoms with Crippen LogP contribution in [0.3, 0.4) is 0 Å². The molecule has 0 aliphatic rings. The van der Waals surface area contributed by atoms with E-state index in [1.807, 2.05) is 6.07 Å². The Bertz CT molecular complexity index is 453. The molecule has 15 heavy (non-hydrogen) atoms. The van der Waals surface area contributed by atoms with Gasteiger partial charge in [0.15, 0.2) is 0 Å². The van der Waals surface area contributed by atoms with Crippen molar-refractivity contribution in [3.63, 3.8) is 0 Å². The van der Waals surface area contributed by atoms with Crippen molar-refractivity contribution in [3.05, 3.63) is 53.9 Å². The molecule has 0 fully saturated rings. The van der Waals surface area contributed by atoms with Gasteiger partial charge in [-0.25, -0.2) is 9.37 Å². The number of benzene rings is 1. The van der Waals surface area contributed by atoms with E-state index in [-0.39, 0.29) is 12.4 Å². The summed E-state index contributed by atoms with van der Waals surface area (Å²) in [5.74, 6) is -0.241. The van der Waals surface area contributed by atoms with E-state index in [9.17, 15) is 4.39 Å². The molecule has 2 aromatic rings. The molecule has 2 rings (SSSR count). The van der Waals surface area contributed by atoms with Gasteiger partial charge >= 0.3 is 0 Å². The van der Waals surface area contributed by atoms with Crippen LogP contribution in [0.4, 0.5) is 4.39 Å². The Morgan fingerprint density at radius 2 is 2.27 bits per heavy atom. The highest BCUT2D eigenvalue weighted by atomic mass is 19.1. The predicted molar refractivity (Wildman–Crippen MR) is 53.7 cm³/mol. The number of aliphatic hydroxyl groups excluding tert-OH is 1. The number of rotatable bonds is 3. The standard InChI is InChI=1S/C11H11FN2O/c12-10-3-1-2-9(4-10)5-14-6-11(7-15)13-8-14/h1-4,6,8,15H,5,7H2. The van der Waals surface area contributed by atoms with Crippen molar-refractivity contribution in [1.29, 1.82) is 0 Å². The van der Waals surface area contributed by atoms with Gasteiger partial charge in [-0.05, 0) is 17.7 Å². The third-order valence-electron chi connectivity index (χ3n) is 2.10. The third-order valence-corrected chi connectivity index (χ3v) is 2.10. The molecule has 0 bridgehead atoms. The average molecular weight is 206 g/mol. The van der Waals surface area contributed by atoms with E-state index in [0.717, 1.165) is 5.56 Å². The molecule has 78 valence electrons. The van der Waals surface area contributed by atoms with Gasteiger partial charge in [-0.1, -0.05) is 12.1 Å². The van der Waals surface area contributed by atoms with Crippen LogP contribution in [-0.4, -0.2) is 14.7 Å². The summed E-state index contributed by atoms with van der Waals surface area (Å²) < 4.78 is 14.7. The molecule has 1 heterocycles. The topological polar surface area (TPSA) is 38.0 Å². The molecule has 0 aliphatic carbocycles. The molecular formula is C11H11FN2O. The Hall–Kier alpha value is -1.68. The summed E-state index contributed by atoms with van der Waals surface area (Å²) in [4.78, 5) is 3.97. The molecule has 1 N–H and O–H groups in total. The molecule has 1 aromatic carbocycles. The van der Waals surface area contributed by atoms with E-state index in [2.05, 4.69) is 4.98 Å². The molecule has 0 amide bonds. The molecule has 0 unspecified atom stereocenters. The summed E-state index contributed by atoms with van der Waals surface area (Å²) in [6, 6.07) is 6.42. The van der Waals surface area contributed by atoms with Crippen molar-refractivity contribution in [1.82, 2.24) is 9.55 Å². The van der Waals surface area contributed by atoms with Gasteiger partial charge in [-0.2, -0.15) is 0 Å². The number of halogens is 1. The summed E-state index contributed by atoms with van der Waals surface area (Å²) >= 11 is 0. The van der Waals surface area contributed by atoms with Crippen LogP contribution in [-0.2, 0) is 13.2 Å². The first-order valence-corrected chi connectivity index (χ1v) is 4.64. The summed E-state index contributed by atoms with van der Waals surface area (Å²) in [7, 11) is 0. The Kier molecular flexibility index (Phi) is 2.78. The molecule has 3 nitrogen and oxygen atoms in total. The second kappa shape index (κ2) is 4.23.